The normalized spacial score (nSPS) is 11.5. The highest BCUT2D eigenvalue weighted by Gasteiger charge is 2.13. The second-order valence-electron chi connectivity index (χ2n) is 11.1. The third kappa shape index (κ3) is 5.57. The van der Waals surface area contributed by atoms with Gasteiger partial charge in [-0.25, -0.2) is 15.0 Å². The Kier molecular flexibility index (Phi) is 7.38. The summed E-state index contributed by atoms with van der Waals surface area (Å²) in [6, 6.07) is 49.6. The van der Waals surface area contributed by atoms with Crippen LogP contribution in [0.15, 0.2) is 156 Å². The van der Waals surface area contributed by atoms with E-state index in [1.165, 1.54) is 10.9 Å². The van der Waals surface area contributed by atoms with Crippen LogP contribution in [0.1, 0.15) is 16.7 Å². The molecule has 4 nitrogen and oxygen atoms in total. The van der Waals surface area contributed by atoms with Gasteiger partial charge in [-0.2, -0.15) is 0 Å². The molecule has 7 rings (SSSR count). The molecular weight excluding hydrogens is 548 g/mol. The monoisotopic (exact) mass is 578 g/mol. The summed E-state index contributed by atoms with van der Waals surface area (Å²) in [5, 5.41) is 12.1. The van der Waals surface area contributed by atoms with Crippen LogP contribution in [0.3, 0.4) is 0 Å². The van der Waals surface area contributed by atoms with Crippen LogP contribution in [0.4, 0.5) is 0 Å². The highest BCUT2D eigenvalue weighted by molar-refractivity contribution is 6.13. The Hall–Kier alpha value is -6.00. The van der Waals surface area contributed by atoms with Crippen molar-refractivity contribution in [3.05, 3.63) is 162 Å². The zero-order valence-electron chi connectivity index (χ0n) is 24.9. The van der Waals surface area contributed by atoms with Gasteiger partial charge in [-0.05, 0) is 65.5 Å². The van der Waals surface area contributed by atoms with Crippen LogP contribution < -0.4 is 0 Å². The predicted octanol–water partition coefficient (Wildman–Crippen LogP) is 10.2. The first-order valence-corrected chi connectivity index (χ1v) is 14.9. The van der Waals surface area contributed by atoms with E-state index in [1.54, 1.807) is 0 Å². The smallest absolute Gasteiger partial charge is 0.161 e. The molecule has 1 heterocycles. The number of aromatic nitrogens is 1. The molecular formula is C41H30N4. The van der Waals surface area contributed by atoms with E-state index in [4.69, 9.17) is 10.4 Å². The first-order valence-electron chi connectivity index (χ1n) is 14.9. The minimum atomic E-state index is 0.139. The fraction of sp³-hybridized carbons (Fsp3) is 0.0244. The van der Waals surface area contributed by atoms with E-state index in [1.807, 2.05) is 36.4 Å². The molecule has 0 fully saturated rings. The molecule has 214 valence electrons. The van der Waals surface area contributed by atoms with E-state index in [9.17, 15) is 0 Å². The standard InChI is InChI=1S/C41H30N4/c1-27-16-18-28(19-17-27)32-24-33(26-34(25-32)41(43-2)45-40(42)31-10-4-3-5-11-31)29-20-22-30(23-21-29)39-37-14-7-6-12-35(37)36-13-8-9-15-38(36)44-39/h3-26,42H,2H2,1H3. The molecule has 7 aromatic rings. The van der Waals surface area contributed by atoms with Crippen LogP contribution in [-0.2, 0) is 0 Å². The van der Waals surface area contributed by atoms with Crippen molar-refractivity contribution in [1.29, 1.82) is 5.41 Å². The number of aliphatic imine (C=N–C) groups is 2. The number of aryl methyl sites for hydroxylation is 1. The molecule has 0 saturated heterocycles. The van der Waals surface area contributed by atoms with Gasteiger partial charge in [-0.1, -0.05) is 127 Å². The molecule has 6 aromatic carbocycles. The molecule has 0 unspecified atom stereocenters. The van der Waals surface area contributed by atoms with Gasteiger partial charge in [-0.15, -0.1) is 0 Å². The largest absolute Gasteiger partial charge is 0.282 e. The lowest BCUT2D eigenvalue weighted by Crippen LogP contribution is -2.04. The second-order valence-corrected chi connectivity index (χ2v) is 11.1. The number of amidine groups is 2. The fourth-order valence-corrected chi connectivity index (χ4v) is 5.74. The molecule has 0 amide bonds. The molecule has 0 spiro atoms. The average molecular weight is 579 g/mol. The summed E-state index contributed by atoms with van der Waals surface area (Å²) in [6.07, 6.45) is 0. The molecule has 0 atom stereocenters. The number of para-hydroxylation sites is 1. The van der Waals surface area contributed by atoms with E-state index in [0.717, 1.165) is 60.9 Å². The minimum absolute atomic E-state index is 0.139. The molecule has 0 aliphatic heterocycles. The zero-order valence-corrected chi connectivity index (χ0v) is 24.9. The first kappa shape index (κ1) is 27.8. The Morgan fingerprint density at radius 3 is 1.78 bits per heavy atom. The number of benzene rings is 6. The van der Waals surface area contributed by atoms with E-state index in [2.05, 4.69) is 133 Å². The van der Waals surface area contributed by atoms with Crippen LogP contribution in [0.5, 0.6) is 0 Å². The molecule has 0 radical (unpaired) electrons. The Labute approximate surface area is 262 Å². The summed E-state index contributed by atoms with van der Waals surface area (Å²) >= 11 is 0. The van der Waals surface area contributed by atoms with Crippen LogP contribution in [0, 0.1) is 12.3 Å². The van der Waals surface area contributed by atoms with Gasteiger partial charge in [0.2, 0.25) is 0 Å². The first-order chi connectivity index (χ1) is 22.1. The molecule has 0 aliphatic rings. The molecule has 0 bridgehead atoms. The van der Waals surface area contributed by atoms with Crippen LogP contribution in [0.2, 0.25) is 0 Å². The van der Waals surface area contributed by atoms with Gasteiger partial charge in [0.1, 0.15) is 0 Å². The number of pyridine rings is 1. The number of rotatable bonds is 5. The number of hydrogen-bond donors (Lipinski definition) is 1. The average Bonchev–Trinajstić information content (AvgIpc) is 3.10. The summed E-state index contributed by atoms with van der Waals surface area (Å²) in [4.78, 5) is 13.9. The molecule has 4 heteroatoms. The fourth-order valence-electron chi connectivity index (χ4n) is 5.74. The molecule has 1 N–H and O–H groups in total. The van der Waals surface area contributed by atoms with Gasteiger partial charge in [-0.3, -0.25) is 5.41 Å². The summed E-state index contributed by atoms with van der Waals surface area (Å²) in [5.74, 6) is 0.544. The van der Waals surface area contributed by atoms with E-state index >= 15 is 0 Å². The van der Waals surface area contributed by atoms with Crippen molar-refractivity contribution in [2.45, 2.75) is 6.92 Å². The van der Waals surface area contributed by atoms with Crippen molar-refractivity contribution in [2.75, 3.05) is 0 Å². The topological polar surface area (TPSA) is 61.5 Å². The lowest BCUT2D eigenvalue weighted by molar-refractivity contribution is 1.40. The number of nitrogens with zero attached hydrogens (tertiary/aromatic N) is 3. The zero-order chi connectivity index (χ0) is 30.8. The Morgan fingerprint density at radius 1 is 0.556 bits per heavy atom. The van der Waals surface area contributed by atoms with Crippen molar-refractivity contribution in [1.82, 2.24) is 4.98 Å². The third-order valence-electron chi connectivity index (χ3n) is 8.09. The van der Waals surface area contributed by atoms with E-state index in [-0.39, 0.29) is 5.84 Å². The maximum Gasteiger partial charge on any atom is 0.161 e. The van der Waals surface area contributed by atoms with Gasteiger partial charge in [0.05, 0.1) is 11.2 Å². The predicted molar refractivity (Wildman–Crippen MR) is 190 cm³/mol. The van der Waals surface area contributed by atoms with Gasteiger partial charge in [0, 0.05) is 27.5 Å². The number of fused-ring (bicyclic) bond motifs is 3. The Balaban J connectivity index is 1.33. The quantitative estimate of drug-likeness (QED) is 0.123. The summed E-state index contributed by atoms with van der Waals surface area (Å²) in [5.41, 5.74) is 9.93. The summed E-state index contributed by atoms with van der Waals surface area (Å²) in [7, 11) is 0. The lowest BCUT2D eigenvalue weighted by atomic mass is 9.94. The van der Waals surface area contributed by atoms with Gasteiger partial charge in [0.25, 0.3) is 0 Å². The van der Waals surface area contributed by atoms with Gasteiger partial charge >= 0.3 is 0 Å². The molecule has 0 saturated carbocycles. The maximum absolute atomic E-state index is 8.60. The highest BCUT2D eigenvalue weighted by Crippen LogP contribution is 2.34. The molecule has 45 heavy (non-hydrogen) atoms. The van der Waals surface area contributed by atoms with Crippen LogP contribution in [0.25, 0.3) is 55.2 Å². The highest BCUT2D eigenvalue weighted by atomic mass is 14.9. The van der Waals surface area contributed by atoms with Crippen molar-refractivity contribution >= 4 is 40.1 Å². The Bertz CT molecular complexity index is 2230. The van der Waals surface area contributed by atoms with Gasteiger partial charge in [0.15, 0.2) is 11.7 Å². The van der Waals surface area contributed by atoms with Crippen molar-refractivity contribution in [2.24, 2.45) is 9.98 Å². The van der Waals surface area contributed by atoms with Gasteiger partial charge < -0.3 is 0 Å². The van der Waals surface area contributed by atoms with Crippen LogP contribution in [-0.4, -0.2) is 23.4 Å². The van der Waals surface area contributed by atoms with Crippen LogP contribution >= 0.6 is 0 Å². The third-order valence-corrected chi connectivity index (χ3v) is 8.09. The summed E-state index contributed by atoms with van der Waals surface area (Å²) in [6.45, 7) is 5.89. The minimum Gasteiger partial charge on any atom is -0.282 e. The number of hydrogen-bond acceptors (Lipinski definition) is 2. The Morgan fingerprint density at radius 2 is 1.11 bits per heavy atom. The SMILES string of the molecule is C=NC(=NC(=N)c1ccccc1)c1cc(-c2ccc(C)cc2)cc(-c2ccc(-c3nc4ccccc4c4ccccc34)cc2)c1. The lowest BCUT2D eigenvalue weighted by Gasteiger charge is -2.13. The molecule has 0 aliphatic carbocycles. The second kappa shape index (κ2) is 11.9. The van der Waals surface area contributed by atoms with Crippen molar-refractivity contribution < 1.29 is 0 Å². The molecule has 1 aromatic heterocycles. The summed E-state index contributed by atoms with van der Waals surface area (Å²) < 4.78 is 0. The van der Waals surface area contributed by atoms with E-state index in [0.29, 0.717) is 5.84 Å². The van der Waals surface area contributed by atoms with Crippen molar-refractivity contribution in [3.8, 4) is 33.5 Å². The van der Waals surface area contributed by atoms with Crippen molar-refractivity contribution in [3.63, 3.8) is 0 Å². The van der Waals surface area contributed by atoms with E-state index < -0.39 is 0 Å². The maximum atomic E-state index is 8.60. The number of nitrogens with one attached hydrogen (secondary N) is 1.